The van der Waals surface area contributed by atoms with Crippen molar-refractivity contribution >= 4 is 0 Å². The van der Waals surface area contributed by atoms with Crippen molar-refractivity contribution in [1.82, 2.24) is 4.90 Å². The maximum absolute atomic E-state index is 13.9. The van der Waals surface area contributed by atoms with E-state index in [9.17, 15) is 4.39 Å². The van der Waals surface area contributed by atoms with Gasteiger partial charge in [-0.05, 0) is 42.5 Å². The van der Waals surface area contributed by atoms with Crippen molar-refractivity contribution in [1.29, 1.82) is 0 Å². The zero-order valence-electron chi connectivity index (χ0n) is 12.6. The number of halogens is 1. The first kappa shape index (κ1) is 15.3. The third-order valence-electron chi connectivity index (χ3n) is 4.42. The van der Waals surface area contributed by atoms with E-state index in [1.165, 1.54) is 13.5 Å². The van der Waals surface area contributed by atoms with Gasteiger partial charge < -0.3 is 10.5 Å². The summed E-state index contributed by atoms with van der Waals surface area (Å²) >= 11 is 0. The summed E-state index contributed by atoms with van der Waals surface area (Å²) in [5.41, 5.74) is 6.87. The van der Waals surface area contributed by atoms with E-state index in [-0.39, 0.29) is 17.6 Å². The van der Waals surface area contributed by atoms with Crippen LogP contribution in [0.4, 0.5) is 4.39 Å². The minimum absolute atomic E-state index is 0.0964. The van der Waals surface area contributed by atoms with E-state index in [0.717, 1.165) is 18.7 Å². The van der Waals surface area contributed by atoms with Crippen molar-refractivity contribution in [3.63, 3.8) is 0 Å². The summed E-state index contributed by atoms with van der Waals surface area (Å²) in [6.07, 6.45) is 1.20. The van der Waals surface area contributed by atoms with Crippen LogP contribution in [0.25, 0.3) is 0 Å². The molecule has 0 saturated carbocycles. The molecule has 1 aromatic rings. The van der Waals surface area contributed by atoms with Crippen LogP contribution in [0.3, 0.4) is 0 Å². The highest BCUT2D eigenvalue weighted by atomic mass is 19.1. The van der Waals surface area contributed by atoms with Crippen molar-refractivity contribution in [3.8, 4) is 5.75 Å². The number of nitrogens with zero attached hydrogens (tertiary/aromatic N) is 1. The minimum Gasteiger partial charge on any atom is -0.494 e. The smallest absolute Gasteiger partial charge is 0.165 e. The molecule has 20 heavy (non-hydrogen) atoms. The van der Waals surface area contributed by atoms with Gasteiger partial charge in [-0.2, -0.15) is 0 Å². The first-order valence-electron chi connectivity index (χ1n) is 7.34. The van der Waals surface area contributed by atoms with Gasteiger partial charge in [0.1, 0.15) is 0 Å². The van der Waals surface area contributed by atoms with Crippen LogP contribution in [0.1, 0.15) is 31.9 Å². The molecular weight excluding hydrogens is 255 g/mol. The Morgan fingerprint density at radius 2 is 2.20 bits per heavy atom. The molecule has 112 valence electrons. The standard InChI is InChI=1S/C16H25FN2O/c1-11(2)13-6-7-19(10-13)15(9-18)12-4-5-16(20-3)14(17)8-12/h4-5,8,11,13,15H,6-7,9-10,18H2,1-3H3. The van der Waals surface area contributed by atoms with Crippen molar-refractivity contribution < 1.29 is 9.13 Å². The number of hydrogen-bond acceptors (Lipinski definition) is 3. The molecule has 0 aromatic heterocycles. The predicted molar refractivity (Wildman–Crippen MR) is 79.3 cm³/mol. The van der Waals surface area contributed by atoms with Gasteiger partial charge in [-0.1, -0.05) is 19.9 Å². The molecule has 2 atom stereocenters. The number of nitrogens with two attached hydrogens (primary N) is 1. The Morgan fingerprint density at radius 3 is 2.70 bits per heavy atom. The van der Waals surface area contributed by atoms with Crippen LogP contribution in [0, 0.1) is 17.7 Å². The Labute approximate surface area is 120 Å². The summed E-state index contributed by atoms with van der Waals surface area (Å²) in [6, 6.07) is 5.25. The molecular formula is C16H25FN2O. The highest BCUT2D eigenvalue weighted by Crippen LogP contribution is 2.32. The second kappa shape index (κ2) is 6.55. The number of hydrogen-bond donors (Lipinski definition) is 1. The van der Waals surface area contributed by atoms with Crippen LogP contribution in [0.2, 0.25) is 0 Å². The van der Waals surface area contributed by atoms with Crippen molar-refractivity contribution in [3.05, 3.63) is 29.6 Å². The largest absolute Gasteiger partial charge is 0.494 e. The Morgan fingerprint density at radius 1 is 1.45 bits per heavy atom. The molecule has 1 fully saturated rings. The number of ether oxygens (including phenoxy) is 1. The summed E-state index contributed by atoms with van der Waals surface area (Å²) in [5.74, 6) is 1.37. The van der Waals surface area contributed by atoms with E-state index in [1.54, 1.807) is 12.1 Å². The summed E-state index contributed by atoms with van der Waals surface area (Å²) < 4.78 is 18.8. The highest BCUT2D eigenvalue weighted by Gasteiger charge is 2.30. The maximum Gasteiger partial charge on any atom is 0.165 e. The fraction of sp³-hybridized carbons (Fsp3) is 0.625. The van der Waals surface area contributed by atoms with Gasteiger partial charge in [0.05, 0.1) is 7.11 Å². The molecule has 1 aliphatic heterocycles. The van der Waals surface area contributed by atoms with Crippen molar-refractivity contribution in [2.24, 2.45) is 17.6 Å². The maximum atomic E-state index is 13.9. The quantitative estimate of drug-likeness (QED) is 0.901. The molecule has 2 unspecified atom stereocenters. The molecule has 1 heterocycles. The van der Waals surface area contributed by atoms with E-state index in [0.29, 0.717) is 18.4 Å². The van der Waals surface area contributed by atoms with Crippen molar-refractivity contribution in [2.45, 2.75) is 26.3 Å². The average Bonchev–Trinajstić information content (AvgIpc) is 2.89. The van der Waals surface area contributed by atoms with Gasteiger partial charge in [-0.25, -0.2) is 4.39 Å². The molecule has 4 heteroatoms. The van der Waals surface area contributed by atoms with Crippen molar-refractivity contribution in [2.75, 3.05) is 26.7 Å². The normalized spacial score (nSPS) is 21.4. The average molecular weight is 280 g/mol. The zero-order valence-corrected chi connectivity index (χ0v) is 12.6. The van der Waals surface area contributed by atoms with Crippen LogP contribution < -0.4 is 10.5 Å². The SMILES string of the molecule is COc1ccc(C(CN)N2CCC(C(C)C)C2)cc1F. The Hall–Kier alpha value is -1.13. The second-order valence-electron chi connectivity index (χ2n) is 5.93. The molecule has 0 radical (unpaired) electrons. The van der Waals surface area contributed by atoms with Gasteiger partial charge >= 0.3 is 0 Å². The highest BCUT2D eigenvalue weighted by molar-refractivity contribution is 5.31. The molecule has 2 rings (SSSR count). The molecule has 2 N–H and O–H groups in total. The van der Waals surface area contributed by atoms with Crippen LogP contribution in [-0.2, 0) is 0 Å². The van der Waals surface area contributed by atoms with Crippen LogP contribution in [-0.4, -0.2) is 31.6 Å². The summed E-state index contributed by atoms with van der Waals surface area (Å²) in [5, 5.41) is 0. The monoisotopic (exact) mass is 280 g/mol. The number of methoxy groups -OCH3 is 1. The van der Waals surface area contributed by atoms with E-state index in [1.807, 2.05) is 6.07 Å². The molecule has 0 aliphatic carbocycles. The van der Waals surface area contributed by atoms with Crippen LogP contribution in [0.15, 0.2) is 18.2 Å². The Kier molecular flexibility index (Phi) is 5.00. The fourth-order valence-corrected chi connectivity index (χ4v) is 3.03. The van der Waals surface area contributed by atoms with Gasteiger partial charge in [0.2, 0.25) is 0 Å². The molecule has 0 bridgehead atoms. The van der Waals surface area contributed by atoms with Crippen LogP contribution in [0.5, 0.6) is 5.75 Å². The molecule has 0 amide bonds. The molecule has 0 spiro atoms. The fourth-order valence-electron chi connectivity index (χ4n) is 3.03. The first-order valence-corrected chi connectivity index (χ1v) is 7.34. The lowest BCUT2D eigenvalue weighted by Gasteiger charge is -2.28. The predicted octanol–water partition coefficient (Wildman–Crippen LogP) is 2.81. The number of likely N-dealkylation sites (tertiary alicyclic amines) is 1. The molecule has 1 aliphatic rings. The minimum atomic E-state index is -0.317. The van der Waals surface area contributed by atoms with Gasteiger partial charge in [0.15, 0.2) is 11.6 Å². The molecule has 1 aromatic carbocycles. The first-order chi connectivity index (χ1) is 9.56. The number of rotatable bonds is 5. The molecule has 1 saturated heterocycles. The van der Waals surface area contributed by atoms with E-state index >= 15 is 0 Å². The third-order valence-corrected chi connectivity index (χ3v) is 4.42. The lowest BCUT2D eigenvalue weighted by molar-refractivity contribution is 0.231. The summed E-state index contributed by atoms with van der Waals surface area (Å²) in [7, 11) is 1.48. The Balaban J connectivity index is 2.14. The van der Waals surface area contributed by atoms with E-state index < -0.39 is 0 Å². The number of benzene rings is 1. The van der Waals surface area contributed by atoms with Gasteiger partial charge in [0, 0.05) is 19.1 Å². The lowest BCUT2D eigenvalue weighted by atomic mass is 9.95. The molecule has 3 nitrogen and oxygen atoms in total. The summed E-state index contributed by atoms with van der Waals surface area (Å²) in [6.45, 7) is 7.12. The summed E-state index contributed by atoms with van der Waals surface area (Å²) in [4.78, 5) is 2.38. The zero-order chi connectivity index (χ0) is 14.7. The van der Waals surface area contributed by atoms with Gasteiger partial charge in [-0.15, -0.1) is 0 Å². The van der Waals surface area contributed by atoms with Crippen LogP contribution >= 0.6 is 0 Å². The van der Waals surface area contributed by atoms with E-state index in [2.05, 4.69) is 18.7 Å². The topological polar surface area (TPSA) is 38.5 Å². The second-order valence-corrected chi connectivity index (χ2v) is 5.93. The van der Waals surface area contributed by atoms with E-state index in [4.69, 9.17) is 10.5 Å². The van der Waals surface area contributed by atoms with Gasteiger partial charge in [-0.3, -0.25) is 4.90 Å². The third kappa shape index (κ3) is 3.13. The van der Waals surface area contributed by atoms with Gasteiger partial charge in [0.25, 0.3) is 0 Å². The Bertz CT molecular complexity index is 450. The lowest BCUT2D eigenvalue weighted by Crippen LogP contribution is -2.32.